The third kappa shape index (κ3) is 40.3. The van der Waals surface area contributed by atoms with Crippen LogP contribution >= 0.6 is 7.82 Å². The Morgan fingerprint density at radius 2 is 0.865 bits per heavy atom. The summed E-state index contributed by atoms with van der Waals surface area (Å²) in [6.45, 7) is 3.55. The molecule has 0 rings (SSSR count). The lowest BCUT2D eigenvalue weighted by Gasteiger charge is -2.18. The van der Waals surface area contributed by atoms with Gasteiger partial charge in [-0.05, 0) is 64.2 Å². The zero-order valence-electron chi connectivity index (χ0n) is 32.7. The lowest BCUT2D eigenvalue weighted by molar-refractivity contribution is -0.161. The zero-order chi connectivity index (χ0) is 38.2. The van der Waals surface area contributed by atoms with Gasteiger partial charge in [-0.25, -0.2) is 4.57 Å². The van der Waals surface area contributed by atoms with Gasteiger partial charge in [-0.3, -0.25) is 14.1 Å². The van der Waals surface area contributed by atoms with Crippen molar-refractivity contribution < 1.29 is 37.9 Å². The Morgan fingerprint density at radius 3 is 1.37 bits per heavy atom. The van der Waals surface area contributed by atoms with Gasteiger partial charge in [-0.1, -0.05) is 164 Å². The predicted octanol–water partition coefficient (Wildman–Crippen LogP) is 12.3. The molecule has 9 heteroatoms. The Bertz CT molecular complexity index is 1070. The van der Waals surface area contributed by atoms with Gasteiger partial charge in [0.05, 0.1) is 6.61 Å². The highest BCUT2D eigenvalue weighted by molar-refractivity contribution is 7.46. The first-order chi connectivity index (χ1) is 25.3. The topological polar surface area (TPSA) is 119 Å². The molecule has 0 aromatic heterocycles. The minimum Gasteiger partial charge on any atom is -0.462 e. The number of hydrogen-bond donors (Lipinski definition) is 2. The molecular weight excluding hydrogens is 675 g/mol. The van der Waals surface area contributed by atoms with Crippen molar-refractivity contribution in [1.82, 2.24) is 0 Å². The average Bonchev–Trinajstić information content (AvgIpc) is 3.11. The van der Waals surface area contributed by atoms with E-state index >= 15 is 0 Å². The molecule has 298 valence electrons. The monoisotopic (exact) mass is 749 g/mol. The van der Waals surface area contributed by atoms with Crippen molar-refractivity contribution in [2.75, 3.05) is 13.2 Å². The van der Waals surface area contributed by atoms with Crippen LogP contribution in [0.5, 0.6) is 0 Å². The number of hydrogen-bond acceptors (Lipinski definition) is 6. The molecule has 0 heterocycles. The van der Waals surface area contributed by atoms with Crippen LogP contribution < -0.4 is 0 Å². The first kappa shape index (κ1) is 49.5. The van der Waals surface area contributed by atoms with E-state index in [2.05, 4.69) is 73.1 Å². The molecule has 0 aliphatic rings. The van der Waals surface area contributed by atoms with E-state index in [1.54, 1.807) is 0 Å². The molecule has 1 atom stereocenters. The Balaban J connectivity index is 4.12. The standard InChI is InChI=1S/C43H73O8P/c1-3-5-7-9-11-13-15-17-19-20-21-22-24-25-27-29-31-33-35-37-42(44)49-39-41(40-50-52(46,47)48)51-43(45)38-36-34-32-30-28-26-23-18-16-14-12-10-8-6-4-2/h11,13,17,19,21-22,25,27,31-34,41H,3-10,12,14-16,18,20,23-24,26,28-30,35-40H2,1-2H3,(H2,46,47,48)/b13-11+,19-17+,22-21+,27-25+,33-31+,34-32+/t41-/m1/s1. The van der Waals surface area contributed by atoms with Crippen LogP contribution in [0.2, 0.25) is 0 Å². The summed E-state index contributed by atoms with van der Waals surface area (Å²) in [5.74, 6) is -1.04. The van der Waals surface area contributed by atoms with Crippen LogP contribution in [-0.4, -0.2) is 41.0 Å². The molecule has 0 aromatic rings. The summed E-state index contributed by atoms with van der Waals surface area (Å²) in [4.78, 5) is 42.7. The van der Waals surface area contributed by atoms with Crippen molar-refractivity contribution >= 4 is 19.8 Å². The van der Waals surface area contributed by atoms with Gasteiger partial charge < -0.3 is 19.3 Å². The first-order valence-electron chi connectivity index (χ1n) is 20.2. The van der Waals surface area contributed by atoms with Gasteiger partial charge in [0.25, 0.3) is 0 Å². The molecule has 0 radical (unpaired) electrons. The number of ether oxygens (including phenoxy) is 2. The summed E-state index contributed by atoms with van der Waals surface area (Å²) in [5, 5.41) is 0. The van der Waals surface area contributed by atoms with E-state index in [9.17, 15) is 14.2 Å². The fraction of sp³-hybridized carbons (Fsp3) is 0.674. The van der Waals surface area contributed by atoms with Crippen LogP contribution in [-0.2, 0) is 28.2 Å². The fourth-order valence-electron chi connectivity index (χ4n) is 5.20. The Labute approximate surface area is 317 Å². The molecule has 0 spiro atoms. The largest absolute Gasteiger partial charge is 0.469 e. The number of unbranched alkanes of at least 4 members (excludes halogenated alkanes) is 14. The van der Waals surface area contributed by atoms with E-state index in [-0.39, 0.29) is 19.4 Å². The molecule has 0 aromatic carbocycles. The van der Waals surface area contributed by atoms with Crippen molar-refractivity contribution in [2.24, 2.45) is 0 Å². The Hall–Kier alpha value is -2.51. The average molecular weight is 749 g/mol. The Kier molecular flexibility index (Phi) is 36.4. The van der Waals surface area contributed by atoms with Crippen molar-refractivity contribution in [3.05, 3.63) is 72.9 Å². The summed E-state index contributed by atoms with van der Waals surface area (Å²) in [5.41, 5.74) is 0. The molecule has 0 aliphatic heterocycles. The maximum Gasteiger partial charge on any atom is 0.469 e. The van der Waals surface area contributed by atoms with Crippen LogP contribution in [0.15, 0.2) is 72.9 Å². The van der Waals surface area contributed by atoms with E-state index in [1.165, 1.54) is 89.9 Å². The number of esters is 2. The number of phosphoric acid groups is 1. The summed E-state index contributed by atoms with van der Waals surface area (Å²) < 4.78 is 26.2. The van der Waals surface area contributed by atoms with Crippen molar-refractivity contribution in [3.63, 3.8) is 0 Å². The zero-order valence-corrected chi connectivity index (χ0v) is 33.6. The number of carbonyl (C=O) groups excluding carboxylic acids is 2. The maximum absolute atomic E-state index is 12.3. The highest BCUT2D eigenvalue weighted by Crippen LogP contribution is 2.35. The number of phosphoric ester groups is 1. The summed E-state index contributed by atoms with van der Waals surface area (Å²) in [7, 11) is -4.78. The Morgan fingerprint density at radius 1 is 0.500 bits per heavy atom. The third-order valence-electron chi connectivity index (χ3n) is 8.22. The highest BCUT2D eigenvalue weighted by atomic mass is 31.2. The second-order valence-electron chi connectivity index (χ2n) is 13.2. The van der Waals surface area contributed by atoms with Crippen molar-refractivity contribution in [1.29, 1.82) is 0 Å². The summed E-state index contributed by atoms with van der Waals surface area (Å²) in [6.07, 6.45) is 49.3. The minimum atomic E-state index is -4.78. The van der Waals surface area contributed by atoms with Gasteiger partial charge >= 0.3 is 19.8 Å². The van der Waals surface area contributed by atoms with Crippen molar-refractivity contribution in [2.45, 2.75) is 174 Å². The van der Waals surface area contributed by atoms with Gasteiger partial charge in [0.1, 0.15) is 6.61 Å². The van der Waals surface area contributed by atoms with Gasteiger partial charge in [0, 0.05) is 12.8 Å². The highest BCUT2D eigenvalue weighted by Gasteiger charge is 2.22. The second kappa shape index (κ2) is 38.2. The minimum absolute atomic E-state index is 0.110. The number of carbonyl (C=O) groups is 2. The molecule has 0 amide bonds. The number of allylic oxidation sites excluding steroid dienone is 12. The summed E-state index contributed by atoms with van der Waals surface area (Å²) >= 11 is 0. The van der Waals surface area contributed by atoms with Crippen LogP contribution in [0.3, 0.4) is 0 Å². The van der Waals surface area contributed by atoms with Crippen LogP contribution in [0.25, 0.3) is 0 Å². The second-order valence-corrected chi connectivity index (χ2v) is 14.5. The van der Waals surface area contributed by atoms with Crippen LogP contribution in [0.4, 0.5) is 0 Å². The third-order valence-corrected chi connectivity index (χ3v) is 8.71. The van der Waals surface area contributed by atoms with Gasteiger partial charge in [-0.15, -0.1) is 0 Å². The smallest absolute Gasteiger partial charge is 0.462 e. The van der Waals surface area contributed by atoms with E-state index in [4.69, 9.17) is 19.3 Å². The lowest BCUT2D eigenvalue weighted by Crippen LogP contribution is -2.29. The van der Waals surface area contributed by atoms with E-state index in [0.717, 1.165) is 38.5 Å². The van der Waals surface area contributed by atoms with Crippen molar-refractivity contribution in [3.8, 4) is 0 Å². The molecule has 0 saturated heterocycles. The van der Waals surface area contributed by atoms with E-state index < -0.39 is 32.5 Å². The normalized spacial score (nSPS) is 13.2. The molecule has 8 nitrogen and oxygen atoms in total. The molecule has 0 bridgehead atoms. The van der Waals surface area contributed by atoms with Gasteiger partial charge in [-0.2, -0.15) is 0 Å². The number of rotatable bonds is 36. The molecule has 0 saturated carbocycles. The first-order valence-corrected chi connectivity index (χ1v) is 21.8. The quantitative estimate of drug-likeness (QED) is 0.0281. The molecule has 0 fully saturated rings. The fourth-order valence-corrected chi connectivity index (χ4v) is 5.56. The molecular formula is C43H73O8P. The maximum atomic E-state index is 12.3. The molecule has 0 aliphatic carbocycles. The van der Waals surface area contributed by atoms with Gasteiger partial charge in [0.2, 0.25) is 0 Å². The van der Waals surface area contributed by atoms with Crippen LogP contribution in [0.1, 0.15) is 168 Å². The van der Waals surface area contributed by atoms with Gasteiger partial charge in [0.15, 0.2) is 6.10 Å². The lowest BCUT2D eigenvalue weighted by atomic mass is 10.1. The molecule has 52 heavy (non-hydrogen) atoms. The van der Waals surface area contributed by atoms with Crippen LogP contribution in [0, 0.1) is 0 Å². The SMILES string of the molecule is CCCCC/C=C/C/C=C/C/C=C/C/C=C/C/C=C/CCC(=O)OC[C@H](COP(=O)(O)O)OC(=O)CC/C=C/CCCCCCCCCCCCC. The predicted molar refractivity (Wildman–Crippen MR) is 216 cm³/mol. The van der Waals surface area contributed by atoms with E-state index in [0.29, 0.717) is 12.8 Å². The van der Waals surface area contributed by atoms with E-state index in [1.807, 2.05) is 18.2 Å². The molecule has 0 unspecified atom stereocenters. The summed E-state index contributed by atoms with van der Waals surface area (Å²) in [6, 6.07) is 0. The molecule has 2 N–H and O–H groups in total.